The minimum absolute atomic E-state index is 0.555. The second kappa shape index (κ2) is 5.30. The van der Waals surface area contributed by atoms with Crippen molar-refractivity contribution in [3.8, 4) is 0 Å². The fraction of sp³-hybridized carbons (Fsp3) is 0.211. The third kappa shape index (κ3) is 2.43. The first-order chi connectivity index (χ1) is 10.1. The Balaban J connectivity index is 2.14. The smallest absolute Gasteiger partial charge is 0.0755 e. The molecule has 3 aromatic rings. The third-order valence-corrected chi connectivity index (χ3v) is 4.15. The van der Waals surface area contributed by atoms with Gasteiger partial charge in [-0.2, -0.15) is 0 Å². The van der Waals surface area contributed by atoms with Crippen LogP contribution in [0.5, 0.6) is 0 Å². The highest BCUT2D eigenvalue weighted by Crippen LogP contribution is 2.31. The maximum absolute atomic E-state index is 6.68. The van der Waals surface area contributed by atoms with Crippen molar-refractivity contribution in [3.63, 3.8) is 0 Å². The zero-order chi connectivity index (χ0) is 14.9. The van der Waals surface area contributed by atoms with Gasteiger partial charge in [-0.25, -0.2) is 0 Å². The first kappa shape index (κ1) is 13.8. The van der Waals surface area contributed by atoms with E-state index in [-0.39, 0.29) is 0 Å². The number of hydrogen-bond donors (Lipinski definition) is 1. The van der Waals surface area contributed by atoms with Crippen molar-refractivity contribution >= 4 is 10.9 Å². The summed E-state index contributed by atoms with van der Waals surface area (Å²) in [5.41, 5.74) is 10.6. The molecule has 2 heteroatoms. The highest BCUT2D eigenvalue weighted by molar-refractivity contribution is 5.83. The molecule has 21 heavy (non-hydrogen) atoms. The summed E-state index contributed by atoms with van der Waals surface area (Å²) in [6.45, 7) is 4.21. The van der Waals surface area contributed by atoms with Crippen molar-refractivity contribution in [2.75, 3.05) is 0 Å². The molecule has 0 saturated carbocycles. The number of para-hydroxylation sites is 1. The molecule has 2 nitrogen and oxygen atoms in total. The Kier molecular flexibility index (Phi) is 3.48. The molecule has 0 aliphatic carbocycles. The minimum atomic E-state index is -0.555. The van der Waals surface area contributed by atoms with E-state index in [1.54, 1.807) is 0 Å². The van der Waals surface area contributed by atoms with Crippen LogP contribution in [0, 0.1) is 0 Å². The molecule has 0 radical (unpaired) electrons. The van der Waals surface area contributed by atoms with Gasteiger partial charge in [-0.1, -0.05) is 55.5 Å². The summed E-state index contributed by atoms with van der Waals surface area (Å²) in [5.74, 6) is 0. The van der Waals surface area contributed by atoms with Gasteiger partial charge in [0.2, 0.25) is 0 Å². The second-order valence-electron chi connectivity index (χ2n) is 5.63. The molecule has 2 N–H and O–H groups in total. The van der Waals surface area contributed by atoms with Crippen LogP contribution in [0.4, 0.5) is 0 Å². The lowest BCUT2D eigenvalue weighted by molar-refractivity contribution is 0.607. The van der Waals surface area contributed by atoms with Gasteiger partial charge in [0, 0.05) is 17.1 Å². The van der Waals surface area contributed by atoms with Crippen LogP contribution >= 0.6 is 0 Å². The molecule has 0 fully saturated rings. The fourth-order valence-electron chi connectivity index (χ4n) is 2.77. The lowest BCUT2D eigenvalue weighted by Crippen LogP contribution is -2.34. The summed E-state index contributed by atoms with van der Waals surface area (Å²) in [6.07, 6.45) is 2.86. The number of hydrogen-bond acceptors (Lipinski definition) is 2. The van der Waals surface area contributed by atoms with Crippen LogP contribution in [0.15, 0.2) is 60.8 Å². The van der Waals surface area contributed by atoms with Crippen molar-refractivity contribution in [2.45, 2.75) is 25.8 Å². The van der Waals surface area contributed by atoms with Crippen LogP contribution in [0.25, 0.3) is 10.9 Å². The number of pyridine rings is 1. The first-order valence-electron chi connectivity index (χ1n) is 7.35. The zero-order valence-electron chi connectivity index (χ0n) is 12.5. The van der Waals surface area contributed by atoms with Gasteiger partial charge in [0.1, 0.15) is 0 Å². The van der Waals surface area contributed by atoms with Gasteiger partial charge in [0.05, 0.1) is 11.1 Å². The van der Waals surface area contributed by atoms with Crippen LogP contribution < -0.4 is 5.73 Å². The van der Waals surface area contributed by atoms with Gasteiger partial charge in [-0.3, -0.25) is 4.98 Å². The van der Waals surface area contributed by atoms with Gasteiger partial charge in [0.15, 0.2) is 0 Å². The molecule has 106 valence electrons. The Hall–Kier alpha value is -2.19. The van der Waals surface area contributed by atoms with E-state index in [2.05, 4.69) is 61.3 Å². The number of benzene rings is 2. The molecule has 0 saturated heterocycles. The number of rotatable bonds is 3. The molecule has 1 heterocycles. The average molecular weight is 276 g/mol. The molecule has 2 aromatic carbocycles. The van der Waals surface area contributed by atoms with E-state index in [1.165, 1.54) is 5.56 Å². The van der Waals surface area contributed by atoms with E-state index < -0.39 is 5.54 Å². The molecule has 1 atom stereocenters. The monoisotopic (exact) mass is 276 g/mol. The van der Waals surface area contributed by atoms with Gasteiger partial charge in [0.25, 0.3) is 0 Å². The Labute approximate surface area is 125 Å². The summed E-state index contributed by atoms with van der Waals surface area (Å²) >= 11 is 0. The van der Waals surface area contributed by atoms with E-state index in [9.17, 15) is 0 Å². The van der Waals surface area contributed by atoms with E-state index in [4.69, 9.17) is 5.73 Å². The Morgan fingerprint density at radius 1 is 1.00 bits per heavy atom. The standard InChI is InChI=1S/C19H20N2/c1-3-14-9-11-16(12-10-14)19(2,20)17-8-4-6-15-7-5-13-21-18(15)17/h4-13H,3,20H2,1-2H3. The van der Waals surface area contributed by atoms with Crippen LogP contribution in [-0.2, 0) is 12.0 Å². The number of aryl methyl sites for hydroxylation is 1. The topological polar surface area (TPSA) is 38.9 Å². The normalized spacial score (nSPS) is 14.0. The quantitative estimate of drug-likeness (QED) is 0.784. The average Bonchev–Trinajstić information content (AvgIpc) is 2.54. The Morgan fingerprint density at radius 2 is 1.71 bits per heavy atom. The summed E-state index contributed by atoms with van der Waals surface area (Å²) in [7, 11) is 0. The van der Waals surface area contributed by atoms with Crippen molar-refractivity contribution in [2.24, 2.45) is 5.73 Å². The number of nitrogens with two attached hydrogens (primary N) is 1. The van der Waals surface area contributed by atoms with Gasteiger partial charge >= 0.3 is 0 Å². The number of aromatic nitrogens is 1. The van der Waals surface area contributed by atoms with Crippen molar-refractivity contribution < 1.29 is 0 Å². The molecule has 1 unspecified atom stereocenters. The lowest BCUT2D eigenvalue weighted by Gasteiger charge is -2.27. The van der Waals surface area contributed by atoms with Crippen LogP contribution in [-0.4, -0.2) is 4.98 Å². The maximum atomic E-state index is 6.68. The largest absolute Gasteiger partial charge is 0.318 e. The molecule has 3 rings (SSSR count). The number of nitrogens with zero attached hydrogens (tertiary/aromatic N) is 1. The van der Waals surface area contributed by atoms with Crippen molar-refractivity contribution in [1.82, 2.24) is 4.98 Å². The summed E-state index contributed by atoms with van der Waals surface area (Å²) in [5, 5.41) is 1.12. The fourth-order valence-corrected chi connectivity index (χ4v) is 2.77. The van der Waals surface area contributed by atoms with Gasteiger partial charge in [-0.05, 0) is 30.5 Å². The maximum Gasteiger partial charge on any atom is 0.0755 e. The van der Waals surface area contributed by atoms with Crippen LogP contribution in [0.1, 0.15) is 30.5 Å². The molecular formula is C19H20N2. The van der Waals surface area contributed by atoms with Crippen LogP contribution in [0.3, 0.4) is 0 Å². The van der Waals surface area contributed by atoms with E-state index in [1.807, 2.05) is 18.3 Å². The molecule has 0 bridgehead atoms. The van der Waals surface area contributed by atoms with E-state index >= 15 is 0 Å². The Bertz CT molecular complexity index is 753. The van der Waals surface area contributed by atoms with Crippen molar-refractivity contribution in [1.29, 1.82) is 0 Å². The lowest BCUT2D eigenvalue weighted by atomic mass is 9.84. The third-order valence-electron chi connectivity index (χ3n) is 4.15. The predicted octanol–water partition coefficient (Wildman–Crippen LogP) is 4.02. The van der Waals surface area contributed by atoms with Crippen molar-refractivity contribution in [3.05, 3.63) is 77.5 Å². The SMILES string of the molecule is CCc1ccc(C(C)(N)c2cccc3cccnc23)cc1. The molecule has 0 aliphatic heterocycles. The van der Waals surface area contributed by atoms with E-state index in [0.29, 0.717) is 0 Å². The highest BCUT2D eigenvalue weighted by Gasteiger charge is 2.26. The molecule has 0 amide bonds. The summed E-state index contributed by atoms with van der Waals surface area (Å²) < 4.78 is 0. The van der Waals surface area contributed by atoms with Gasteiger partial charge in [-0.15, -0.1) is 0 Å². The molecule has 1 aromatic heterocycles. The van der Waals surface area contributed by atoms with E-state index in [0.717, 1.165) is 28.5 Å². The molecular weight excluding hydrogens is 256 g/mol. The minimum Gasteiger partial charge on any atom is -0.318 e. The van der Waals surface area contributed by atoms with Crippen LogP contribution in [0.2, 0.25) is 0 Å². The molecule has 0 aliphatic rings. The summed E-state index contributed by atoms with van der Waals surface area (Å²) in [6, 6.07) is 18.8. The number of fused-ring (bicyclic) bond motifs is 1. The Morgan fingerprint density at radius 3 is 2.43 bits per heavy atom. The van der Waals surface area contributed by atoms with Gasteiger partial charge < -0.3 is 5.73 Å². The second-order valence-corrected chi connectivity index (χ2v) is 5.63. The highest BCUT2D eigenvalue weighted by atomic mass is 14.8. The first-order valence-corrected chi connectivity index (χ1v) is 7.35. The molecule has 0 spiro atoms. The zero-order valence-corrected chi connectivity index (χ0v) is 12.5. The summed E-state index contributed by atoms with van der Waals surface area (Å²) in [4.78, 5) is 4.53. The predicted molar refractivity (Wildman–Crippen MR) is 88.2 cm³/mol.